The lowest BCUT2D eigenvalue weighted by Gasteiger charge is -2.05. The van der Waals surface area contributed by atoms with Crippen LogP contribution in [0.2, 0.25) is 5.15 Å². The predicted molar refractivity (Wildman–Crippen MR) is 68.3 cm³/mol. The third-order valence-electron chi connectivity index (χ3n) is 2.45. The number of nitrogens with two attached hydrogens (primary N) is 1. The highest BCUT2D eigenvalue weighted by Gasteiger charge is 2.13. The number of nitrogens with one attached hydrogen (secondary N) is 1. The molecule has 2 rings (SSSR count). The summed E-state index contributed by atoms with van der Waals surface area (Å²) in [5.74, 6) is 1.54. The Kier molecular flexibility index (Phi) is 3.66. The van der Waals surface area contributed by atoms with Gasteiger partial charge in [0.2, 0.25) is 0 Å². The molecule has 3 N–H and O–H groups in total. The Labute approximate surface area is 105 Å². The van der Waals surface area contributed by atoms with E-state index in [1.165, 1.54) is 0 Å². The minimum absolute atomic E-state index is 0.512. The number of imidazole rings is 1. The Balaban J connectivity index is 2.45. The molecule has 0 saturated heterocycles. The third-order valence-corrected chi connectivity index (χ3v) is 2.73. The van der Waals surface area contributed by atoms with E-state index in [1.54, 1.807) is 7.11 Å². The Morgan fingerprint density at radius 3 is 2.88 bits per heavy atom. The molecule has 0 spiro atoms. The van der Waals surface area contributed by atoms with Crippen molar-refractivity contribution in [2.24, 2.45) is 5.73 Å². The maximum Gasteiger partial charge on any atom is 0.134 e. The van der Waals surface area contributed by atoms with Gasteiger partial charge in [-0.15, -0.1) is 0 Å². The van der Waals surface area contributed by atoms with Crippen molar-refractivity contribution in [1.82, 2.24) is 9.97 Å². The highest BCUT2D eigenvalue weighted by atomic mass is 35.5. The number of methoxy groups -OCH3 is 1. The monoisotopic (exact) mass is 251 g/mol. The molecule has 0 saturated carbocycles. The molecule has 1 heterocycles. The molecule has 0 amide bonds. The third kappa shape index (κ3) is 2.43. The first-order chi connectivity index (χ1) is 8.26. The number of hydrogen-bond donors (Lipinski definition) is 2. The molecule has 90 valence electrons. The van der Waals surface area contributed by atoms with Gasteiger partial charge in [-0.2, -0.15) is 0 Å². The first-order valence-electron chi connectivity index (χ1n) is 5.34. The van der Waals surface area contributed by atoms with E-state index in [4.69, 9.17) is 22.1 Å². The van der Waals surface area contributed by atoms with E-state index in [0.29, 0.717) is 23.8 Å². The second-order valence-corrected chi connectivity index (χ2v) is 3.96. The van der Waals surface area contributed by atoms with Crippen LogP contribution >= 0.6 is 11.6 Å². The number of benzene rings is 1. The topological polar surface area (TPSA) is 63.9 Å². The Morgan fingerprint density at radius 1 is 1.41 bits per heavy atom. The number of aromatic amines is 1. The molecular weight excluding hydrogens is 238 g/mol. The van der Waals surface area contributed by atoms with Crippen LogP contribution in [0.25, 0.3) is 11.3 Å². The van der Waals surface area contributed by atoms with Crippen molar-refractivity contribution >= 4 is 11.6 Å². The fourth-order valence-corrected chi connectivity index (χ4v) is 1.92. The SMILES string of the molecule is COc1ccccc1-c1nc(CCN)[nH]c1Cl. The number of hydrogen-bond acceptors (Lipinski definition) is 3. The van der Waals surface area contributed by atoms with Gasteiger partial charge in [-0.25, -0.2) is 4.98 Å². The van der Waals surface area contributed by atoms with Gasteiger partial charge in [-0.3, -0.25) is 0 Å². The number of H-pyrrole nitrogens is 1. The average Bonchev–Trinajstić information content (AvgIpc) is 2.70. The van der Waals surface area contributed by atoms with Gasteiger partial charge in [0.05, 0.1) is 7.11 Å². The molecule has 0 bridgehead atoms. The summed E-state index contributed by atoms with van der Waals surface area (Å²) in [6.07, 6.45) is 0.675. The Hall–Kier alpha value is -1.52. The molecular formula is C12H14ClN3O. The summed E-state index contributed by atoms with van der Waals surface area (Å²) < 4.78 is 5.29. The van der Waals surface area contributed by atoms with E-state index in [2.05, 4.69) is 9.97 Å². The van der Waals surface area contributed by atoms with E-state index < -0.39 is 0 Å². The first-order valence-corrected chi connectivity index (χ1v) is 5.72. The van der Waals surface area contributed by atoms with Crippen molar-refractivity contribution in [1.29, 1.82) is 0 Å². The van der Waals surface area contributed by atoms with E-state index >= 15 is 0 Å². The quantitative estimate of drug-likeness (QED) is 0.876. The van der Waals surface area contributed by atoms with Gasteiger partial charge in [-0.05, 0) is 18.7 Å². The molecule has 0 aliphatic carbocycles. The standard InChI is InChI=1S/C12H14ClN3O/c1-17-9-5-3-2-4-8(9)11-12(13)16-10(15-11)6-7-14/h2-5H,6-7,14H2,1H3,(H,15,16). The summed E-state index contributed by atoms with van der Waals surface area (Å²) in [6.45, 7) is 0.537. The van der Waals surface area contributed by atoms with Crippen LogP contribution in [0.3, 0.4) is 0 Å². The van der Waals surface area contributed by atoms with Crippen molar-refractivity contribution in [3.05, 3.63) is 35.2 Å². The van der Waals surface area contributed by atoms with Crippen molar-refractivity contribution in [3.8, 4) is 17.0 Å². The fraction of sp³-hybridized carbons (Fsp3) is 0.250. The minimum atomic E-state index is 0.512. The molecule has 17 heavy (non-hydrogen) atoms. The van der Waals surface area contributed by atoms with Crippen LogP contribution in [-0.2, 0) is 6.42 Å². The maximum atomic E-state index is 6.13. The molecule has 0 unspecified atom stereocenters. The summed E-state index contributed by atoms with van der Waals surface area (Å²) in [7, 11) is 1.63. The van der Waals surface area contributed by atoms with Crippen molar-refractivity contribution in [2.45, 2.75) is 6.42 Å². The molecule has 0 radical (unpaired) electrons. The summed E-state index contributed by atoms with van der Waals surface area (Å²) in [5.41, 5.74) is 7.06. The second-order valence-electron chi connectivity index (χ2n) is 3.59. The zero-order valence-electron chi connectivity index (χ0n) is 9.53. The van der Waals surface area contributed by atoms with Gasteiger partial charge in [0.1, 0.15) is 22.4 Å². The molecule has 2 aromatic rings. The van der Waals surface area contributed by atoms with Crippen LogP contribution in [-0.4, -0.2) is 23.6 Å². The highest BCUT2D eigenvalue weighted by molar-refractivity contribution is 6.32. The van der Waals surface area contributed by atoms with Gasteiger partial charge in [-0.1, -0.05) is 23.7 Å². The van der Waals surface area contributed by atoms with Crippen LogP contribution < -0.4 is 10.5 Å². The lowest BCUT2D eigenvalue weighted by Crippen LogP contribution is -2.03. The zero-order valence-corrected chi connectivity index (χ0v) is 10.3. The lowest BCUT2D eigenvalue weighted by molar-refractivity contribution is 0.416. The largest absolute Gasteiger partial charge is 0.496 e. The zero-order chi connectivity index (χ0) is 12.3. The minimum Gasteiger partial charge on any atom is -0.496 e. The van der Waals surface area contributed by atoms with E-state index in [0.717, 1.165) is 17.1 Å². The molecule has 4 nitrogen and oxygen atoms in total. The van der Waals surface area contributed by atoms with E-state index in [-0.39, 0.29) is 0 Å². The number of halogens is 1. The van der Waals surface area contributed by atoms with Crippen LogP contribution in [0.15, 0.2) is 24.3 Å². The van der Waals surface area contributed by atoms with Crippen LogP contribution in [0, 0.1) is 0 Å². The molecule has 0 aliphatic rings. The normalized spacial score (nSPS) is 10.5. The summed E-state index contributed by atoms with van der Waals surface area (Å²) in [6, 6.07) is 7.63. The maximum absolute atomic E-state index is 6.13. The molecule has 5 heteroatoms. The number of aromatic nitrogens is 2. The van der Waals surface area contributed by atoms with Gasteiger partial charge < -0.3 is 15.5 Å². The van der Waals surface area contributed by atoms with Gasteiger partial charge >= 0.3 is 0 Å². The second kappa shape index (κ2) is 5.21. The van der Waals surface area contributed by atoms with Gasteiger partial charge in [0, 0.05) is 12.0 Å². The Morgan fingerprint density at radius 2 is 2.18 bits per heavy atom. The molecule has 0 aliphatic heterocycles. The van der Waals surface area contributed by atoms with Crippen LogP contribution in [0.5, 0.6) is 5.75 Å². The van der Waals surface area contributed by atoms with Gasteiger partial charge in [0.25, 0.3) is 0 Å². The number of para-hydroxylation sites is 1. The van der Waals surface area contributed by atoms with E-state index in [1.807, 2.05) is 24.3 Å². The fourth-order valence-electron chi connectivity index (χ4n) is 1.67. The van der Waals surface area contributed by atoms with E-state index in [9.17, 15) is 0 Å². The predicted octanol–water partition coefficient (Wildman–Crippen LogP) is 2.24. The number of ether oxygens (including phenoxy) is 1. The Bertz CT molecular complexity index is 510. The molecule has 0 fully saturated rings. The van der Waals surface area contributed by atoms with Crippen molar-refractivity contribution < 1.29 is 4.74 Å². The number of rotatable bonds is 4. The number of nitrogens with zero attached hydrogens (tertiary/aromatic N) is 1. The first kappa shape index (κ1) is 12.0. The lowest BCUT2D eigenvalue weighted by atomic mass is 10.1. The van der Waals surface area contributed by atoms with Crippen LogP contribution in [0.4, 0.5) is 0 Å². The smallest absolute Gasteiger partial charge is 0.134 e. The average molecular weight is 252 g/mol. The highest BCUT2D eigenvalue weighted by Crippen LogP contribution is 2.32. The van der Waals surface area contributed by atoms with Crippen LogP contribution in [0.1, 0.15) is 5.82 Å². The van der Waals surface area contributed by atoms with Crippen molar-refractivity contribution in [2.75, 3.05) is 13.7 Å². The molecule has 1 aromatic carbocycles. The van der Waals surface area contributed by atoms with Crippen molar-refractivity contribution in [3.63, 3.8) is 0 Å². The summed E-state index contributed by atoms with van der Waals surface area (Å²) >= 11 is 6.13. The van der Waals surface area contributed by atoms with Gasteiger partial charge in [0.15, 0.2) is 0 Å². The molecule has 1 aromatic heterocycles. The molecule has 0 atom stereocenters. The summed E-state index contributed by atoms with van der Waals surface area (Å²) in [5, 5.41) is 0.512. The summed E-state index contributed by atoms with van der Waals surface area (Å²) in [4.78, 5) is 7.45.